The van der Waals surface area contributed by atoms with E-state index in [2.05, 4.69) is 10.3 Å². The summed E-state index contributed by atoms with van der Waals surface area (Å²) < 4.78 is 11.1. The summed E-state index contributed by atoms with van der Waals surface area (Å²) >= 11 is 0. The quantitative estimate of drug-likeness (QED) is 0.752. The summed E-state index contributed by atoms with van der Waals surface area (Å²) in [6.45, 7) is 1.75. The van der Waals surface area contributed by atoms with E-state index in [0.29, 0.717) is 11.3 Å². The van der Waals surface area contributed by atoms with Crippen LogP contribution in [0.1, 0.15) is 23.0 Å². The van der Waals surface area contributed by atoms with Crippen LogP contribution in [0.25, 0.3) is 6.08 Å². The molecule has 0 aliphatic rings. The Morgan fingerprint density at radius 1 is 1.55 bits per heavy atom. The summed E-state index contributed by atoms with van der Waals surface area (Å²) in [5.41, 5.74) is 0.552. The lowest BCUT2D eigenvalue weighted by atomic mass is 10.1. The molecule has 1 rings (SSSR count). The van der Waals surface area contributed by atoms with Gasteiger partial charge in [-0.1, -0.05) is 6.07 Å². The SMILES string of the molecule is CC(CS(C)=O)NC(=O)c1ncccc1/C=C/C(=O)O. The summed E-state index contributed by atoms with van der Waals surface area (Å²) in [6, 6.07) is 2.96. The van der Waals surface area contributed by atoms with Gasteiger partial charge >= 0.3 is 5.97 Å². The van der Waals surface area contributed by atoms with Crippen molar-refractivity contribution in [3.63, 3.8) is 0 Å². The number of hydrogen-bond acceptors (Lipinski definition) is 4. The molecule has 0 bridgehead atoms. The van der Waals surface area contributed by atoms with Gasteiger partial charge in [-0.3, -0.25) is 14.0 Å². The Labute approximate surface area is 119 Å². The lowest BCUT2D eigenvalue weighted by Crippen LogP contribution is -2.36. The van der Waals surface area contributed by atoms with Gasteiger partial charge in [-0.15, -0.1) is 0 Å². The van der Waals surface area contributed by atoms with Crippen LogP contribution in [0.4, 0.5) is 0 Å². The maximum Gasteiger partial charge on any atom is 0.328 e. The first-order valence-corrected chi connectivity index (χ1v) is 7.59. The van der Waals surface area contributed by atoms with Gasteiger partial charge in [0.1, 0.15) is 5.69 Å². The van der Waals surface area contributed by atoms with Gasteiger partial charge < -0.3 is 10.4 Å². The highest BCUT2D eigenvalue weighted by molar-refractivity contribution is 7.84. The standard InChI is InChI=1S/C13H16N2O4S/c1-9(8-20(2)19)15-13(18)12-10(4-3-7-14-12)5-6-11(16)17/h3-7,9H,8H2,1-2H3,(H,15,18)(H,16,17)/b6-5+. The third-order valence-electron chi connectivity index (χ3n) is 2.32. The van der Waals surface area contributed by atoms with Crippen molar-refractivity contribution < 1.29 is 18.9 Å². The van der Waals surface area contributed by atoms with E-state index in [-0.39, 0.29) is 11.7 Å². The number of carbonyl (C=O) groups is 2. The molecule has 1 aromatic rings. The number of carbonyl (C=O) groups excluding carboxylic acids is 1. The molecule has 1 heterocycles. The van der Waals surface area contributed by atoms with Crippen molar-refractivity contribution in [2.75, 3.05) is 12.0 Å². The minimum Gasteiger partial charge on any atom is -0.478 e. The zero-order valence-corrected chi connectivity index (χ0v) is 12.0. The predicted octanol–water partition coefficient (Wildman–Crippen LogP) is 0.676. The number of hydrogen-bond donors (Lipinski definition) is 2. The van der Waals surface area contributed by atoms with E-state index in [1.165, 1.54) is 12.3 Å². The van der Waals surface area contributed by atoms with Crippen LogP contribution in [-0.4, -0.2) is 44.2 Å². The van der Waals surface area contributed by atoms with Crippen molar-refractivity contribution in [1.29, 1.82) is 0 Å². The summed E-state index contributed by atoms with van der Waals surface area (Å²) in [5, 5.41) is 11.3. The number of aromatic nitrogens is 1. The molecule has 2 atom stereocenters. The number of nitrogens with zero attached hydrogens (tertiary/aromatic N) is 1. The number of carboxylic acid groups (broad SMARTS) is 1. The molecule has 1 aromatic heterocycles. The molecule has 0 aliphatic carbocycles. The van der Waals surface area contributed by atoms with Gasteiger partial charge in [0.05, 0.1) is 0 Å². The van der Waals surface area contributed by atoms with E-state index in [4.69, 9.17) is 5.11 Å². The van der Waals surface area contributed by atoms with Gasteiger partial charge in [0.15, 0.2) is 0 Å². The fraction of sp³-hybridized carbons (Fsp3) is 0.308. The molecule has 20 heavy (non-hydrogen) atoms. The lowest BCUT2D eigenvalue weighted by molar-refractivity contribution is -0.131. The maximum atomic E-state index is 12.0. The molecule has 0 aliphatic heterocycles. The second kappa shape index (κ2) is 7.54. The fourth-order valence-corrected chi connectivity index (χ4v) is 2.38. The van der Waals surface area contributed by atoms with Crippen molar-refractivity contribution in [2.24, 2.45) is 0 Å². The average molecular weight is 296 g/mol. The molecule has 7 heteroatoms. The number of carboxylic acids is 1. The van der Waals surface area contributed by atoms with E-state index < -0.39 is 22.7 Å². The molecule has 2 N–H and O–H groups in total. The smallest absolute Gasteiger partial charge is 0.328 e. The summed E-state index contributed by atoms with van der Waals surface area (Å²) in [6.07, 6.45) is 5.27. The highest BCUT2D eigenvalue weighted by atomic mass is 32.2. The van der Waals surface area contributed by atoms with Crippen LogP contribution in [-0.2, 0) is 15.6 Å². The number of nitrogens with one attached hydrogen (secondary N) is 1. The van der Waals surface area contributed by atoms with Gasteiger partial charge in [-0.2, -0.15) is 0 Å². The first-order chi connectivity index (χ1) is 9.40. The highest BCUT2D eigenvalue weighted by Crippen LogP contribution is 2.08. The largest absolute Gasteiger partial charge is 0.478 e. The topological polar surface area (TPSA) is 96.4 Å². The van der Waals surface area contributed by atoms with Gasteiger partial charge in [0.25, 0.3) is 5.91 Å². The first kappa shape index (κ1) is 16.0. The second-order valence-corrected chi connectivity index (χ2v) is 5.71. The van der Waals surface area contributed by atoms with Gasteiger partial charge in [-0.25, -0.2) is 4.79 Å². The van der Waals surface area contributed by atoms with E-state index in [9.17, 15) is 13.8 Å². The van der Waals surface area contributed by atoms with Crippen molar-refractivity contribution in [3.05, 3.63) is 35.7 Å². The zero-order chi connectivity index (χ0) is 15.1. The average Bonchev–Trinajstić information content (AvgIpc) is 2.35. The molecule has 0 aromatic carbocycles. The van der Waals surface area contributed by atoms with Crippen molar-refractivity contribution in [1.82, 2.24) is 10.3 Å². The molecular formula is C13H16N2O4S. The van der Waals surface area contributed by atoms with Crippen LogP contribution in [0.5, 0.6) is 0 Å². The summed E-state index contributed by atoms with van der Waals surface area (Å²) in [5.74, 6) is -1.18. The Morgan fingerprint density at radius 2 is 2.25 bits per heavy atom. The van der Waals surface area contributed by atoms with Crippen LogP contribution >= 0.6 is 0 Å². The van der Waals surface area contributed by atoms with Crippen molar-refractivity contribution in [2.45, 2.75) is 13.0 Å². The fourth-order valence-electron chi connectivity index (χ4n) is 1.59. The third kappa shape index (κ3) is 5.31. The molecule has 1 amide bonds. The molecule has 0 spiro atoms. The number of amides is 1. The second-order valence-electron chi connectivity index (χ2n) is 4.23. The van der Waals surface area contributed by atoms with E-state index in [1.807, 2.05) is 0 Å². The Balaban J connectivity index is 2.87. The summed E-state index contributed by atoms with van der Waals surface area (Å²) in [7, 11) is -1.01. The van der Waals surface area contributed by atoms with Crippen molar-refractivity contribution >= 4 is 28.8 Å². The number of pyridine rings is 1. The molecule has 108 valence electrons. The Morgan fingerprint density at radius 3 is 2.85 bits per heavy atom. The van der Waals surface area contributed by atoms with Crippen LogP contribution in [0.15, 0.2) is 24.4 Å². The molecule has 0 fully saturated rings. The molecule has 0 saturated carbocycles. The minimum atomic E-state index is -1.10. The molecular weight excluding hydrogens is 280 g/mol. The van der Waals surface area contributed by atoms with Crippen LogP contribution in [0.3, 0.4) is 0 Å². The van der Waals surface area contributed by atoms with E-state index in [1.54, 1.807) is 25.3 Å². The van der Waals surface area contributed by atoms with Crippen LogP contribution < -0.4 is 5.32 Å². The monoisotopic (exact) mass is 296 g/mol. The maximum absolute atomic E-state index is 12.0. The lowest BCUT2D eigenvalue weighted by Gasteiger charge is -2.12. The van der Waals surface area contributed by atoms with E-state index >= 15 is 0 Å². The normalized spacial score (nSPS) is 13.9. The highest BCUT2D eigenvalue weighted by Gasteiger charge is 2.14. The van der Waals surface area contributed by atoms with Gasteiger partial charge in [0.2, 0.25) is 0 Å². The van der Waals surface area contributed by atoms with Crippen LogP contribution in [0, 0.1) is 0 Å². The Kier molecular flexibility index (Phi) is 6.05. The number of rotatable bonds is 6. The molecule has 6 nitrogen and oxygen atoms in total. The summed E-state index contributed by atoms with van der Waals surface area (Å²) in [4.78, 5) is 26.5. The van der Waals surface area contributed by atoms with Gasteiger partial charge in [-0.05, 0) is 19.1 Å². The van der Waals surface area contributed by atoms with E-state index in [0.717, 1.165) is 6.08 Å². The Bertz CT molecular complexity index is 557. The predicted molar refractivity (Wildman–Crippen MR) is 76.8 cm³/mol. The van der Waals surface area contributed by atoms with Crippen LogP contribution in [0.2, 0.25) is 0 Å². The minimum absolute atomic E-state index is 0.138. The molecule has 0 radical (unpaired) electrons. The molecule has 2 unspecified atom stereocenters. The Hall–Kier alpha value is -2.02. The zero-order valence-electron chi connectivity index (χ0n) is 11.2. The first-order valence-electron chi connectivity index (χ1n) is 5.87. The van der Waals surface area contributed by atoms with Gasteiger partial charge in [0, 0.05) is 46.7 Å². The molecule has 0 saturated heterocycles. The third-order valence-corrected chi connectivity index (χ3v) is 3.29. The number of aliphatic carboxylic acids is 1. The van der Waals surface area contributed by atoms with Crippen molar-refractivity contribution in [3.8, 4) is 0 Å².